The summed E-state index contributed by atoms with van der Waals surface area (Å²) in [7, 11) is 0. The number of benzene rings is 1. The first-order valence-corrected chi connectivity index (χ1v) is 5.54. The Hall–Kier alpha value is -1.37. The van der Waals surface area contributed by atoms with E-state index in [2.05, 4.69) is 0 Å². The van der Waals surface area contributed by atoms with Crippen LogP contribution in [0.5, 0.6) is 0 Å². The Bertz CT molecular complexity index is 436. The molecular formula is C12H13F2NO3. The number of ketones is 1. The van der Waals surface area contributed by atoms with Crippen LogP contribution in [-0.4, -0.2) is 52.7 Å². The average molecular weight is 257 g/mol. The van der Waals surface area contributed by atoms with E-state index < -0.39 is 35.2 Å². The molecule has 0 saturated carbocycles. The summed E-state index contributed by atoms with van der Waals surface area (Å²) in [6, 6.07) is 3.22. The lowest BCUT2D eigenvalue weighted by atomic mass is 10.1. The molecule has 18 heavy (non-hydrogen) atoms. The van der Waals surface area contributed by atoms with Crippen LogP contribution in [0.2, 0.25) is 0 Å². The number of hydrogen-bond donors (Lipinski definition) is 2. The standard InChI is InChI=1S/C12H13F2NO3/c13-7-2-1-3-8(14)12(7)11(18)6-15-4-9(16)10(17)5-15/h1-3,9-10,16-17H,4-6H2. The van der Waals surface area contributed by atoms with E-state index in [1.807, 2.05) is 0 Å². The summed E-state index contributed by atoms with van der Waals surface area (Å²) in [5.41, 5.74) is -0.576. The minimum atomic E-state index is -0.928. The van der Waals surface area contributed by atoms with Gasteiger partial charge in [0.2, 0.25) is 0 Å². The molecule has 2 atom stereocenters. The Labute approximate surface area is 102 Å². The highest BCUT2D eigenvalue weighted by atomic mass is 19.1. The van der Waals surface area contributed by atoms with E-state index in [-0.39, 0.29) is 19.6 Å². The molecule has 1 heterocycles. The molecule has 1 aromatic rings. The van der Waals surface area contributed by atoms with Crippen LogP contribution in [0.4, 0.5) is 8.78 Å². The number of carbonyl (C=O) groups is 1. The highest BCUT2D eigenvalue weighted by Crippen LogP contribution is 2.15. The molecule has 0 bridgehead atoms. The zero-order valence-electron chi connectivity index (χ0n) is 9.51. The van der Waals surface area contributed by atoms with Crippen molar-refractivity contribution in [2.75, 3.05) is 19.6 Å². The number of aliphatic hydroxyl groups is 2. The zero-order valence-corrected chi connectivity index (χ0v) is 9.51. The van der Waals surface area contributed by atoms with Crippen molar-refractivity contribution in [1.82, 2.24) is 4.90 Å². The Morgan fingerprint density at radius 2 is 1.72 bits per heavy atom. The van der Waals surface area contributed by atoms with Crippen LogP contribution in [0.3, 0.4) is 0 Å². The quantitative estimate of drug-likeness (QED) is 0.759. The molecule has 1 saturated heterocycles. The third-order valence-electron chi connectivity index (χ3n) is 2.94. The summed E-state index contributed by atoms with van der Waals surface area (Å²) >= 11 is 0. The summed E-state index contributed by atoms with van der Waals surface area (Å²) in [4.78, 5) is 13.2. The van der Waals surface area contributed by atoms with Crippen molar-refractivity contribution in [2.24, 2.45) is 0 Å². The number of hydrogen-bond acceptors (Lipinski definition) is 4. The number of nitrogens with zero attached hydrogens (tertiary/aromatic N) is 1. The molecule has 0 amide bonds. The van der Waals surface area contributed by atoms with E-state index in [0.717, 1.165) is 12.1 Å². The van der Waals surface area contributed by atoms with Gasteiger partial charge in [0.25, 0.3) is 0 Å². The summed E-state index contributed by atoms with van der Waals surface area (Å²) in [6.45, 7) is -0.00205. The monoisotopic (exact) mass is 257 g/mol. The van der Waals surface area contributed by atoms with Crippen LogP contribution in [-0.2, 0) is 0 Å². The van der Waals surface area contributed by atoms with Crippen molar-refractivity contribution in [3.8, 4) is 0 Å². The maximum Gasteiger partial charge on any atom is 0.182 e. The lowest BCUT2D eigenvalue weighted by Crippen LogP contribution is -2.29. The fraction of sp³-hybridized carbons (Fsp3) is 0.417. The molecule has 1 aromatic carbocycles. The maximum absolute atomic E-state index is 13.4. The number of Topliss-reactive ketones (excluding diaryl/α,β-unsaturated/α-hetero) is 1. The van der Waals surface area contributed by atoms with Gasteiger partial charge < -0.3 is 10.2 Å². The molecule has 2 rings (SSSR count). The average Bonchev–Trinajstić information content (AvgIpc) is 2.57. The molecule has 1 aliphatic heterocycles. The first-order chi connectivity index (χ1) is 8.49. The number of rotatable bonds is 3. The second-order valence-electron chi connectivity index (χ2n) is 4.35. The minimum absolute atomic E-state index is 0.114. The highest BCUT2D eigenvalue weighted by molar-refractivity contribution is 5.98. The fourth-order valence-corrected chi connectivity index (χ4v) is 2.02. The van der Waals surface area contributed by atoms with Gasteiger partial charge in [-0.15, -0.1) is 0 Å². The SMILES string of the molecule is O=C(CN1CC(O)C(O)C1)c1c(F)cccc1F. The molecule has 6 heteroatoms. The molecule has 0 aromatic heterocycles. The molecule has 98 valence electrons. The van der Waals surface area contributed by atoms with Gasteiger partial charge in [-0.3, -0.25) is 9.69 Å². The van der Waals surface area contributed by atoms with Crippen molar-refractivity contribution >= 4 is 5.78 Å². The van der Waals surface area contributed by atoms with E-state index in [4.69, 9.17) is 0 Å². The molecule has 0 spiro atoms. The summed E-state index contributed by atoms with van der Waals surface area (Å²) < 4.78 is 26.7. The number of carbonyl (C=O) groups excluding carboxylic acids is 1. The van der Waals surface area contributed by atoms with E-state index >= 15 is 0 Å². The van der Waals surface area contributed by atoms with Crippen LogP contribution in [0.1, 0.15) is 10.4 Å². The smallest absolute Gasteiger partial charge is 0.182 e. The highest BCUT2D eigenvalue weighted by Gasteiger charge is 2.31. The minimum Gasteiger partial charge on any atom is -0.389 e. The summed E-state index contributed by atoms with van der Waals surface area (Å²) in [6.07, 6.45) is -1.86. The van der Waals surface area contributed by atoms with Crippen molar-refractivity contribution in [2.45, 2.75) is 12.2 Å². The van der Waals surface area contributed by atoms with E-state index in [0.29, 0.717) is 0 Å². The Morgan fingerprint density at radius 1 is 1.22 bits per heavy atom. The normalized spacial score (nSPS) is 24.4. The van der Waals surface area contributed by atoms with Gasteiger partial charge in [0.05, 0.1) is 24.3 Å². The van der Waals surface area contributed by atoms with Crippen molar-refractivity contribution in [1.29, 1.82) is 0 Å². The van der Waals surface area contributed by atoms with Gasteiger partial charge in [-0.2, -0.15) is 0 Å². The van der Waals surface area contributed by atoms with Gasteiger partial charge in [-0.05, 0) is 12.1 Å². The van der Waals surface area contributed by atoms with E-state index in [1.54, 1.807) is 0 Å². The zero-order chi connectivity index (χ0) is 13.3. The van der Waals surface area contributed by atoms with Gasteiger partial charge >= 0.3 is 0 Å². The molecule has 0 radical (unpaired) electrons. The third-order valence-corrected chi connectivity index (χ3v) is 2.94. The second kappa shape index (κ2) is 5.09. The van der Waals surface area contributed by atoms with Gasteiger partial charge in [0.1, 0.15) is 11.6 Å². The van der Waals surface area contributed by atoms with Crippen LogP contribution < -0.4 is 0 Å². The molecule has 2 unspecified atom stereocenters. The van der Waals surface area contributed by atoms with Crippen molar-refractivity contribution < 1.29 is 23.8 Å². The van der Waals surface area contributed by atoms with Crippen molar-refractivity contribution in [3.63, 3.8) is 0 Å². The largest absolute Gasteiger partial charge is 0.389 e. The molecule has 0 aliphatic carbocycles. The van der Waals surface area contributed by atoms with Crippen LogP contribution in [0, 0.1) is 11.6 Å². The van der Waals surface area contributed by atoms with Gasteiger partial charge in [-0.25, -0.2) is 8.78 Å². The number of aliphatic hydroxyl groups excluding tert-OH is 2. The van der Waals surface area contributed by atoms with Crippen LogP contribution in [0.25, 0.3) is 0 Å². The summed E-state index contributed by atoms with van der Waals surface area (Å²) in [5, 5.41) is 18.6. The first-order valence-electron chi connectivity index (χ1n) is 5.54. The summed E-state index contributed by atoms with van der Waals surface area (Å²) in [5.74, 6) is -2.51. The number of halogens is 2. The second-order valence-corrected chi connectivity index (χ2v) is 4.35. The maximum atomic E-state index is 13.4. The predicted molar refractivity (Wildman–Crippen MR) is 59.1 cm³/mol. The third kappa shape index (κ3) is 2.55. The van der Waals surface area contributed by atoms with E-state index in [9.17, 15) is 23.8 Å². The topological polar surface area (TPSA) is 60.8 Å². The number of likely N-dealkylation sites (tertiary alicyclic amines) is 1. The number of β-amino-alcohol motifs (C(OH)–C–C–N with tert-alkyl or cyclic N) is 2. The Morgan fingerprint density at radius 3 is 2.22 bits per heavy atom. The Kier molecular flexibility index (Phi) is 3.70. The van der Waals surface area contributed by atoms with Gasteiger partial charge in [-0.1, -0.05) is 6.07 Å². The van der Waals surface area contributed by atoms with Crippen molar-refractivity contribution in [3.05, 3.63) is 35.4 Å². The molecule has 4 nitrogen and oxygen atoms in total. The van der Waals surface area contributed by atoms with Crippen LogP contribution >= 0.6 is 0 Å². The lowest BCUT2D eigenvalue weighted by molar-refractivity contribution is 0.0572. The molecule has 1 fully saturated rings. The van der Waals surface area contributed by atoms with Gasteiger partial charge in [0, 0.05) is 13.1 Å². The predicted octanol–water partition coefficient (Wildman–Crippen LogP) is 0.185. The Balaban J connectivity index is 2.09. The van der Waals surface area contributed by atoms with Gasteiger partial charge in [0.15, 0.2) is 5.78 Å². The van der Waals surface area contributed by atoms with Crippen LogP contribution in [0.15, 0.2) is 18.2 Å². The molecular weight excluding hydrogens is 244 g/mol. The van der Waals surface area contributed by atoms with E-state index in [1.165, 1.54) is 11.0 Å². The first kappa shape index (κ1) is 13.1. The molecule has 2 N–H and O–H groups in total. The fourth-order valence-electron chi connectivity index (χ4n) is 2.02. The molecule has 1 aliphatic rings. The lowest BCUT2D eigenvalue weighted by Gasteiger charge is -2.13.